The molecule has 8 heteroatoms. The number of ether oxygens (including phenoxy) is 2. The Morgan fingerprint density at radius 2 is 1.82 bits per heavy atom. The second-order valence-electron chi connectivity index (χ2n) is 9.52. The Labute approximate surface area is 200 Å². The predicted molar refractivity (Wildman–Crippen MR) is 129 cm³/mol. The highest BCUT2D eigenvalue weighted by Crippen LogP contribution is 2.33. The first kappa shape index (κ1) is 21.4. The van der Waals surface area contributed by atoms with E-state index in [1.165, 1.54) is 19.3 Å². The maximum absolute atomic E-state index is 12.9. The molecule has 6 rings (SSSR count). The van der Waals surface area contributed by atoms with E-state index in [4.69, 9.17) is 19.4 Å². The Hall–Kier alpha value is -3.13. The van der Waals surface area contributed by atoms with Crippen LogP contribution in [0.4, 0.5) is 5.95 Å². The molecule has 4 heterocycles. The lowest BCUT2D eigenvalue weighted by molar-refractivity contribution is -0.125. The smallest absolute Gasteiger partial charge is 0.246 e. The summed E-state index contributed by atoms with van der Waals surface area (Å²) in [7, 11) is 0. The van der Waals surface area contributed by atoms with Crippen LogP contribution in [0.25, 0.3) is 6.08 Å². The molecule has 3 aliphatic heterocycles. The Bertz CT molecular complexity index is 1090. The van der Waals surface area contributed by atoms with Gasteiger partial charge in [0.1, 0.15) is 0 Å². The van der Waals surface area contributed by atoms with Crippen molar-refractivity contribution >= 4 is 17.9 Å². The molecule has 0 radical (unpaired) electrons. The molecule has 34 heavy (non-hydrogen) atoms. The molecule has 178 valence electrons. The Morgan fingerprint density at radius 1 is 1.00 bits per heavy atom. The minimum absolute atomic E-state index is 0.0192. The van der Waals surface area contributed by atoms with Crippen LogP contribution in [0.2, 0.25) is 0 Å². The van der Waals surface area contributed by atoms with Crippen molar-refractivity contribution in [2.75, 3.05) is 51.0 Å². The van der Waals surface area contributed by atoms with Gasteiger partial charge in [-0.15, -0.1) is 0 Å². The van der Waals surface area contributed by atoms with Crippen molar-refractivity contribution in [3.05, 3.63) is 47.3 Å². The minimum Gasteiger partial charge on any atom is -0.454 e. The van der Waals surface area contributed by atoms with E-state index in [1.807, 2.05) is 35.4 Å². The van der Waals surface area contributed by atoms with Crippen LogP contribution in [0.5, 0.6) is 11.5 Å². The summed E-state index contributed by atoms with van der Waals surface area (Å²) in [5.74, 6) is 2.33. The first-order valence-electron chi connectivity index (χ1n) is 12.4. The van der Waals surface area contributed by atoms with Crippen LogP contribution in [0.3, 0.4) is 0 Å². The molecule has 4 aliphatic rings. The fraction of sp³-hybridized carbons (Fsp3) is 0.500. The molecule has 8 nitrogen and oxygen atoms in total. The van der Waals surface area contributed by atoms with Gasteiger partial charge in [0.05, 0.1) is 5.69 Å². The molecule has 0 atom stereocenters. The maximum Gasteiger partial charge on any atom is 0.246 e. The van der Waals surface area contributed by atoms with E-state index in [-0.39, 0.29) is 12.7 Å². The Balaban J connectivity index is 1.07. The van der Waals surface area contributed by atoms with Crippen molar-refractivity contribution < 1.29 is 14.3 Å². The van der Waals surface area contributed by atoms with E-state index in [0.29, 0.717) is 13.1 Å². The number of piperazine rings is 1. The molecule has 1 aromatic heterocycles. The summed E-state index contributed by atoms with van der Waals surface area (Å²) in [4.78, 5) is 29.4. The monoisotopic (exact) mass is 461 g/mol. The maximum atomic E-state index is 12.9. The molecular formula is C26H31N5O3. The predicted octanol–water partition coefficient (Wildman–Crippen LogP) is 2.52. The number of carbonyl (C=O) groups is 1. The number of carbonyl (C=O) groups excluding carboxylic acids is 1. The largest absolute Gasteiger partial charge is 0.454 e. The number of amides is 1. The zero-order valence-corrected chi connectivity index (χ0v) is 19.5. The number of aromatic nitrogens is 2. The summed E-state index contributed by atoms with van der Waals surface area (Å²) >= 11 is 0. The summed E-state index contributed by atoms with van der Waals surface area (Å²) in [6.07, 6.45) is 11.1. The highest BCUT2D eigenvalue weighted by Gasteiger charge is 2.29. The molecule has 0 bridgehead atoms. The molecular weight excluding hydrogens is 430 g/mol. The zero-order valence-electron chi connectivity index (χ0n) is 19.5. The summed E-state index contributed by atoms with van der Waals surface area (Å²) in [6.45, 7) is 5.78. The van der Waals surface area contributed by atoms with Crippen molar-refractivity contribution in [2.45, 2.75) is 38.1 Å². The van der Waals surface area contributed by atoms with E-state index in [1.54, 1.807) is 6.08 Å². The van der Waals surface area contributed by atoms with E-state index < -0.39 is 0 Å². The van der Waals surface area contributed by atoms with Crippen molar-refractivity contribution in [1.82, 2.24) is 19.8 Å². The van der Waals surface area contributed by atoms with Crippen LogP contribution in [0, 0.1) is 0 Å². The van der Waals surface area contributed by atoms with Crippen molar-refractivity contribution in [1.29, 1.82) is 0 Å². The molecule has 2 fully saturated rings. The Kier molecular flexibility index (Phi) is 5.83. The average Bonchev–Trinajstić information content (AvgIpc) is 3.20. The highest BCUT2D eigenvalue weighted by molar-refractivity contribution is 5.92. The van der Waals surface area contributed by atoms with E-state index in [0.717, 1.165) is 79.3 Å². The minimum atomic E-state index is 0.0192. The molecule has 1 saturated carbocycles. The van der Waals surface area contributed by atoms with Gasteiger partial charge in [0.15, 0.2) is 11.5 Å². The van der Waals surface area contributed by atoms with Gasteiger partial charge in [-0.25, -0.2) is 9.97 Å². The second kappa shape index (κ2) is 9.25. The number of nitrogens with zero attached hydrogens (tertiary/aromatic N) is 5. The van der Waals surface area contributed by atoms with Crippen LogP contribution < -0.4 is 14.4 Å². The first-order chi connectivity index (χ1) is 16.7. The van der Waals surface area contributed by atoms with E-state index >= 15 is 0 Å². The van der Waals surface area contributed by atoms with Gasteiger partial charge in [0.25, 0.3) is 0 Å². The number of hydrogen-bond acceptors (Lipinski definition) is 7. The van der Waals surface area contributed by atoms with Crippen molar-refractivity contribution in [3.63, 3.8) is 0 Å². The molecule has 0 N–H and O–H groups in total. The van der Waals surface area contributed by atoms with Gasteiger partial charge >= 0.3 is 0 Å². The normalized spacial score (nSPS) is 20.8. The van der Waals surface area contributed by atoms with Crippen LogP contribution in [0.15, 0.2) is 30.5 Å². The second-order valence-corrected chi connectivity index (χ2v) is 9.52. The fourth-order valence-corrected chi connectivity index (χ4v) is 5.17. The van der Waals surface area contributed by atoms with Crippen LogP contribution in [-0.2, 0) is 17.6 Å². The lowest BCUT2D eigenvalue weighted by Crippen LogP contribution is -2.52. The number of benzene rings is 1. The molecule has 2 aromatic rings. The summed E-state index contributed by atoms with van der Waals surface area (Å²) in [5, 5.41) is 0. The third-order valence-corrected chi connectivity index (χ3v) is 7.53. The van der Waals surface area contributed by atoms with Gasteiger partial charge in [0, 0.05) is 64.0 Å². The zero-order chi connectivity index (χ0) is 22.9. The number of hydrogen-bond donors (Lipinski definition) is 0. The lowest BCUT2D eigenvalue weighted by atomic mass is 9.91. The van der Waals surface area contributed by atoms with E-state index in [9.17, 15) is 4.79 Å². The lowest BCUT2D eigenvalue weighted by Gasteiger charge is -2.43. The quantitative estimate of drug-likeness (QED) is 0.648. The third-order valence-electron chi connectivity index (χ3n) is 7.53. The van der Waals surface area contributed by atoms with Gasteiger partial charge in [0.2, 0.25) is 18.6 Å². The first-order valence-corrected chi connectivity index (χ1v) is 12.4. The van der Waals surface area contributed by atoms with Gasteiger partial charge in [-0.05, 0) is 48.6 Å². The van der Waals surface area contributed by atoms with Gasteiger partial charge in [-0.1, -0.05) is 12.5 Å². The molecule has 1 aromatic carbocycles. The van der Waals surface area contributed by atoms with Crippen LogP contribution >= 0.6 is 0 Å². The fourth-order valence-electron chi connectivity index (χ4n) is 5.17. The summed E-state index contributed by atoms with van der Waals surface area (Å²) < 4.78 is 10.8. The number of rotatable bonds is 4. The molecule has 1 saturated heterocycles. The number of fused-ring (bicyclic) bond motifs is 2. The van der Waals surface area contributed by atoms with E-state index in [2.05, 4.69) is 9.80 Å². The van der Waals surface area contributed by atoms with Gasteiger partial charge in [-0.3, -0.25) is 9.69 Å². The molecule has 1 amide bonds. The van der Waals surface area contributed by atoms with Gasteiger partial charge in [-0.2, -0.15) is 0 Å². The number of anilines is 1. The summed E-state index contributed by atoms with van der Waals surface area (Å²) in [5.41, 5.74) is 3.16. The van der Waals surface area contributed by atoms with Crippen LogP contribution in [0.1, 0.15) is 36.1 Å². The summed E-state index contributed by atoms with van der Waals surface area (Å²) in [6, 6.07) is 6.50. The topological polar surface area (TPSA) is 71.0 Å². The van der Waals surface area contributed by atoms with Gasteiger partial charge < -0.3 is 19.3 Å². The van der Waals surface area contributed by atoms with Crippen LogP contribution in [-0.4, -0.2) is 77.8 Å². The molecule has 0 spiro atoms. The molecule has 0 unspecified atom stereocenters. The standard InChI is InChI=1S/C26H31N5O3/c32-25(7-5-19-4-6-23-24(16-19)34-18-33-23)30-10-8-20-17-27-26(28-22(20)9-11-30)31-14-12-29(13-15-31)21-2-1-3-21/h4-7,16-17,21H,1-3,8-15,18H2. The third kappa shape index (κ3) is 4.34. The molecule has 1 aliphatic carbocycles. The Morgan fingerprint density at radius 3 is 2.65 bits per heavy atom. The average molecular weight is 462 g/mol. The highest BCUT2D eigenvalue weighted by atomic mass is 16.7. The van der Waals surface area contributed by atoms with Crippen molar-refractivity contribution in [2.24, 2.45) is 0 Å². The SMILES string of the molecule is O=C(C=Cc1ccc2c(c1)OCO2)N1CCc2cnc(N3CCN(C4CCC4)CC3)nc2CC1. The van der Waals surface area contributed by atoms with Crippen molar-refractivity contribution in [3.8, 4) is 11.5 Å².